The Kier molecular flexibility index (Phi) is 7.43. The normalized spacial score (nSPS) is 12.1. The lowest BCUT2D eigenvalue weighted by Crippen LogP contribution is -2.45. The number of carbonyl (C=O) groups is 1. The summed E-state index contributed by atoms with van der Waals surface area (Å²) >= 11 is 1.72. The zero-order chi connectivity index (χ0) is 12.1. The molecule has 0 aliphatic carbocycles. The Labute approximate surface area is 113 Å². The molecule has 2 N–H and O–H groups in total. The molecule has 1 amide bonds. The SMILES string of the molecule is CC(C)C(N)C(=O)N(C)CCc1cccs1.Cl. The minimum Gasteiger partial charge on any atom is -0.344 e. The fraction of sp³-hybridized carbons (Fsp3) is 0.583. The summed E-state index contributed by atoms with van der Waals surface area (Å²) in [7, 11) is 1.82. The molecule has 0 saturated carbocycles. The highest BCUT2D eigenvalue weighted by Gasteiger charge is 2.20. The predicted molar refractivity (Wildman–Crippen MR) is 75.7 cm³/mol. The number of halogens is 1. The molecule has 98 valence electrons. The first kappa shape index (κ1) is 16.4. The van der Waals surface area contributed by atoms with Gasteiger partial charge in [0, 0.05) is 18.5 Å². The van der Waals surface area contributed by atoms with Gasteiger partial charge in [0.15, 0.2) is 0 Å². The van der Waals surface area contributed by atoms with Crippen molar-refractivity contribution in [2.24, 2.45) is 11.7 Å². The molecule has 0 aliphatic heterocycles. The number of amides is 1. The van der Waals surface area contributed by atoms with Crippen LogP contribution in [0.2, 0.25) is 0 Å². The molecule has 5 heteroatoms. The number of hydrogen-bond acceptors (Lipinski definition) is 3. The fourth-order valence-corrected chi connectivity index (χ4v) is 2.08. The lowest BCUT2D eigenvalue weighted by Gasteiger charge is -2.23. The summed E-state index contributed by atoms with van der Waals surface area (Å²) < 4.78 is 0. The minimum absolute atomic E-state index is 0. The van der Waals surface area contributed by atoms with Gasteiger partial charge in [-0.15, -0.1) is 23.7 Å². The molecule has 1 aromatic heterocycles. The maximum atomic E-state index is 11.8. The van der Waals surface area contributed by atoms with Crippen LogP contribution in [-0.2, 0) is 11.2 Å². The van der Waals surface area contributed by atoms with Gasteiger partial charge >= 0.3 is 0 Å². The summed E-state index contributed by atoms with van der Waals surface area (Å²) in [6.07, 6.45) is 0.907. The van der Waals surface area contributed by atoms with E-state index in [9.17, 15) is 4.79 Å². The van der Waals surface area contributed by atoms with Crippen molar-refractivity contribution in [2.45, 2.75) is 26.3 Å². The number of thiophene rings is 1. The second-order valence-corrected chi connectivity index (χ2v) is 5.39. The van der Waals surface area contributed by atoms with Gasteiger partial charge in [0.05, 0.1) is 6.04 Å². The minimum atomic E-state index is -0.381. The van der Waals surface area contributed by atoms with E-state index in [-0.39, 0.29) is 30.3 Å². The largest absolute Gasteiger partial charge is 0.344 e. The number of likely N-dealkylation sites (N-methyl/N-ethyl adjacent to an activating group) is 1. The number of carbonyl (C=O) groups excluding carboxylic acids is 1. The van der Waals surface area contributed by atoms with Gasteiger partial charge in [-0.05, 0) is 23.8 Å². The third-order valence-electron chi connectivity index (χ3n) is 2.65. The topological polar surface area (TPSA) is 46.3 Å². The molecule has 1 atom stereocenters. The zero-order valence-corrected chi connectivity index (χ0v) is 12.2. The van der Waals surface area contributed by atoms with Crippen molar-refractivity contribution in [2.75, 3.05) is 13.6 Å². The van der Waals surface area contributed by atoms with E-state index >= 15 is 0 Å². The lowest BCUT2D eigenvalue weighted by molar-refractivity contribution is -0.132. The van der Waals surface area contributed by atoms with Crippen LogP contribution in [0.1, 0.15) is 18.7 Å². The van der Waals surface area contributed by atoms with E-state index in [2.05, 4.69) is 11.4 Å². The van der Waals surface area contributed by atoms with Crippen molar-refractivity contribution in [3.63, 3.8) is 0 Å². The van der Waals surface area contributed by atoms with E-state index in [1.165, 1.54) is 4.88 Å². The maximum absolute atomic E-state index is 11.8. The Hall–Kier alpha value is -0.580. The third kappa shape index (κ3) is 5.06. The smallest absolute Gasteiger partial charge is 0.239 e. The van der Waals surface area contributed by atoms with E-state index in [0.29, 0.717) is 0 Å². The highest BCUT2D eigenvalue weighted by molar-refractivity contribution is 7.09. The van der Waals surface area contributed by atoms with Crippen molar-refractivity contribution < 1.29 is 4.79 Å². The van der Waals surface area contributed by atoms with Crippen LogP contribution in [-0.4, -0.2) is 30.4 Å². The Balaban J connectivity index is 0.00000256. The maximum Gasteiger partial charge on any atom is 0.239 e. The van der Waals surface area contributed by atoms with E-state index in [1.807, 2.05) is 27.0 Å². The van der Waals surface area contributed by atoms with Gasteiger partial charge in [-0.3, -0.25) is 4.79 Å². The summed E-state index contributed by atoms with van der Waals surface area (Å²) in [5.41, 5.74) is 5.82. The zero-order valence-electron chi connectivity index (χ0n) is 10.6. The summed E-state index contributed by atoms with van der Waals surface area (Å²) in [5.74, 6) is 0.225. The van der Waals surface area contributed by atoms with Crippen LogP contribution in [0.4, 0.5) is 0 Å². The van der Waals surface area contributed by atoms with Crippen molar-refractivity contribution in [3.05, 3.63) is 22.4 Å². The van der Waals surface area contributed by atoms with Crippen LogP contribution < -0.4 is 5.73 Å². The van der Waals surface area contributed by atoms with Crippen LogP contribution in [0.3, 0.4) is 0 Å². The summed E-state index contributed by atoms with van der Waals surface area (Å²) in [6, 6.07) is 3.74. The summed E-state index contributed by atoms with van der Waals surface area (Å²) in [4.78, 5) is 14.9. The van der Waals surface area contributed by atoms with Crippen molar-refractivity contribution in [1.82, 2.24) is 4.90 Å². The molecule has 0 radical (unpaired) electrons. The molecule has 0 saturated heterocycles. The first-order chi connectivity index (χ1) is 7.52. The molecule has 1 heterocycles. The van der Waals surface area contributed by atoms with Crippen LogP contribution in [0.5, 0.6) is 0 Å². The van der Waals surface area contributed by atoms with E-state index in [0.717, 1.165) is 13.0 Å². The molecule has 0 bridgehead atoms. The van der Waals surface area contributed by atoms with E-state index in [4.69, 9.17) is 5.73 Å². The van der Waals surface area contributed by atoms with Gasteiger partial charge in [-0.2, -0.15) is 0 Å². The molecular weight excluding hydrogens is 256 g/mol. The van der Waals surface area contributed by atoms with Gasteiger partial charge in [0.2, 0.25) is 5.91 Å². The van der Waals surface area contributed by atoms with Gasteiger partial charge in [-0.25, -0.2) is 0 Å². The van der Waals surface area contributed by atoms with Gasteiger partial charge in [0.25, 0.3) is 0 Å². The average Bonchev–Trinajstić information content (AvgIpc) is 2.76. The first-order valence-corrected chi connectivity index (χ1v) is 6.43. The quantitative estimate of drug-likeness (QED) is 0.896. The van der Waals surface area contributed by atoms with Crippen LogP contribution >= 0.6 is 23.7 Å². The Morgan fingerprint density at radius 1 is 1.53 bits per heavy atom. The Morgan fingerprint density at radius 2 is 2.18 bits per heavy atom. The molecule has 0 spiro atoms. The summed E-state index contributed by atoms with van der Waals surface area (Å²) in [6.45, 7) is 4.67. The van der Waals surface area contributed by atoms with Crippen LogP contribution in [0.15, 0.2) is 17.5 Å². The van der Waals surface area contributed by atoms with Gasteiger partial charge in [0.1, 0.15) is 0 Å². The van der Waals surface area contributed by atoms with Crippen molar-refractivity contribution in [3.8, 4) is 0 Å². The highest BCUT2D eigenvalue weighted by Crippen LogP contribution is 2.10. The van der Waals surface area contributed by atoms with E-state index in [1.54, 1.807) is 16.2 Å². The van der Waals surface area contributed by atoms with Gasteiger partial charge in [-0.1, -0.05) is 19.9 Å². The predicted octanol–water partition coefficient (Wildman–Crippen LogP) is 2.15. The van der Waals surface area contributed by atoms with E-state index < -0.39 is 0 Å². The number of rotatable bonds is 5. The number of nitrogens with two attached hydrogens (primary N) is 1. The summed E-state index contributed by atoms with van der Waals surface area (Å²) in [5, 5.41) is 2.05. The van der Waals surface area contributed by atoms with Gasteiger partial charge < -0.3 is 10.6 Å². The number of hydrogen-bond donors (Lipinski definition) is 1. The Bertz CT molecular complexity index is 327. The standard InChI is InChI=1S/C12H20N2OS.ClH/c1-9(2)11(13)12(15)14(3)7-6-10-5-4-8-16-10;/h4-5,8-9,11H,6-7,13H2,1-3H3;1H. The van der Waals surface area contributed by atoms with Crippen LogP contribution in [0.25, 0.3) is 0 Å². The molecule has 17 heavy (non-hydrogen) atoms. The molecule has 1 aromatic rings. The average molecular weight is 277 g/mol. The molecule has 0 aromatic carbocycles. The van der Waals surface area contributed by atoms with Crippen LogP contribution in [0, 0.1) is 5.92 Å². The molecule has 0 fully saturated rings. The molecule has 1 unspecified atom stereocenters. The fourth-order valence-electron chi connectivity index (χ4n) is 1.38. The molecular formula is C12H21ClN2OS. The third-order valence-corrected chi connectivity index (χ3v) is 3.59. The lowest BCUT2D eigenvalue weighted by atomic mass is 10.0. The molecule has 3 nitrogen and oxygen atoms in total. The highest BCUT2D eigenvalue weighted by atomic mass is 35.5. The second-order valence-electron chi connectivity index (χ2n) is 4.36. The number of nitrogens with zero attached hydrogens (tertiary/aromatic N) is 1. The second kappa shape index (κ2) is 7.69. The molecule has 0 aliphatic rings. The van der Waals surface area contributed by atoms with Crippen molar-refractivity contribution in [1.29, 1.82) is 0 Å². The monoisotopic (exact) mass is 276 g/mol. The van der Waals surface area contributed by atoms with Crippen molar-refractivity contribution >= 4 is 29.7 Å². The molecule has 1 rings (SSSR count). The Morgan fingerprint density at radius 3 is 2.65 bits per heavy atom. The first-order valence-electron chi connectivity index (χ1n) is 5.55.